The minimum atomic E-state index is -0.611. The number of rotatable bonds is 3. The zero-order chi connectivity index (χ0) is 18.9. The average molecular weight is 561 g/mol. The molecule has 4 nitrogen and oxygen atoms in total. The molecule has 0 amide bonds. The van der Waals surface area contributed by atoms with Crippen molar-refractivity contribution in [2.24, 2.45) is 4.99 Å². The van der Waals surface area contributed by atoms with E-state index >= 15 is 0 Å². The maximum atomic E-state index is 11.9. The first-order valence-electron chi connectivity index (χ1n) is 7.89. The van der Waals surface area contributed by atoms with Crippen LogP contribution in [0.25, 0.3) is 11.1 Å². The second kappa shape index (κ2) is 11.5. The van der Waals surface area contributed by atoms with Gasteiger partial charge in [0.25, 0.3) is 0 Å². The van der Waals surface area contributed by atoms with Crippen molar-refractivity contribution >= 4 is 22.7 Å². The van der Waals surface area contributed by atoms with Crippen LogP contribution in [0.15, 0.2) is 77.8 Å². The summed E-state index contributed by atoms with van der Waals surface area (Å²) in [7, 11) is -0.611. The molecule has 3 aromatic carbocycles. The first-order chi connectivity index (χ1) is 12.5. The van der Waals surface area contributed by atoms with E-state index in [9.17, 15) is 14.4 Å². The van der Waals surface area contributed by atoms with Crippen molar-refractivity contribution in [3.05, 3.63) is 78.4 Å². The summed E-state index contributed by atoms with van der Waals surface area (Å²) < 4.78 is 9.56. The Labute approximate surface area is 176 Å². The molecule has 0 heterocycles. The van der Waals surface area contributed by atoms with E-state index in [1.54, 1.807) is 42.8 Å². The third-order valence-corrected chi connectivity index (χ3v) is 3.32. The molecule has 3 rings (SSSR count). The first-order valence-corrected chi connectivity index (χ1v) is 9.85. The van der Waals surface area contributed by atoms with Crippen LogP contribution in [-0.4, -0.2) is 22.9 Å². The minimum absolute atomic E-state index is 0. The summed E-state index contributed by atoms with van der Waals surface area (Å²) in [5.74, 6) is -0.280. The van der Waals surface area contributed by atoms with Gasteiger partial charge >= 0.3 is 21.1 Å². The summed E-state index contributed by atoms with van der Waals surface area (Å²) in [4.78, 5) is 4.13. The summed E-state index contributed by atoms with van der Waals surface area (Å²) in [6.07, 6.45) is 4.73. The van der Waals surface area contributed by atoms with E-state index in [2.05, 4.69) is 4.99 Å². The predicted octanol–water partition coefficient (Wildman–Crippen LogP) is 3.24. The summed E-state index contributed by atoms with van der Waals surface area (Å²) >= 11 is 0. The summed E-state index contributed by atoms with van der Waals surface area (Å²) in [6, 6.07) is 21.4. The molecule has 3 aromatic rings. The van der Waals surface area contributed by atoms with Crippen LogP contribution in [-0.2, 0) is 31.9 Å². The van der Waals surface area contributed by atoms with Gasteiger partial charge in [-0.05, 0) is 28.8 Å². The molecule has 27 heavy (non-hydrogen) atoms. The fourth-order valence-corrected chi connectivity index (χ4v) is 2.16. The van der Waals surface area contributed by atoms with Gasteiger partial charge in [-0.15, -0.1) is 5.75 Å². The topological polar surface area (TPSA) is 75.5 Å². The van der Waals surface area contributed by atoms with Gasteiger partial charge in [0, 0.05) is 29.5 Å². The van der Waals surface area contributed by atoms with Gasteiger partial charge in [0.1, 0.15) is 0 Å². The largest absolute Gasteiger partial charge is 2.00 e. The van der Waals surface area contributed by atoms with Crippen molar-refractivity contribution in [3.63, 3.8) is 0 Å². The molecule has 0 N–H and O–H groups in total. The maximum Gasteiger partial charge on any atom is 2.00 e. The summed E-state index contributed by atoms with van der Waals surface area (Å²) in [5, 5.41) is 23.6. The molecule has 0 fully saturated rings. The molecule has 0 radical (unpaired) electrons. The first kappa shape index (κ1) is 22.8. The van der Waals surface area contributed by atoms with Gasteiger partial charge in [0.2, 0.25) is 0 Å². The number of hydrogen-bond acceptors (Lipinski definition) is 4. The van der Waals surface area contributed by atoms with E-state index < -0.39 is 10.8 Å². The van der Waals surface area contributed by atoms with Crippen LogP contribution in [0, 0.1) is 0 Å². The van der Waals surface area contributed by atoms with Crippen LogP contribution in [0.1, 0.15) is 5.56 Å². The van der Waals surface area contributed by atoms with Crippen LogP contribution in [0.4, 0.5) is 5.69 Å². The fourth-order valence-electron chi connectivity index (χ4n) is 2.16. The summed E-state index contributed by atoms with van der Waals surface area (Å²) in [6.45, 7) is 0. The Balaban J connectivity index is 0.000000666. The molecule has 0 aliphatic carbocycles. The van der Waals surface area contributed by atoms with Gasteiger partial charge < -0.3 is 10.2 Å². The molecular weight excluding hydrogens is 541 g/mol. The van der Waals surface area contributed by atoms with E-state index in [1.165, 1.54) is 18.3 Å². The molecular formula is C21H19NO3PtS. The van der Waals surface area contributed by atoms with Gasteiger partial charge in [-0.3, -0.25) is 9.20 Å². The predicted molar refractivity (Wildman–Crippen MR) is 104 cm³/mol. The fraction of sp³-hybridized carbons (Fsp3) is 0.0952. The number of nitrogens with zero attached hydrogens (tertiary/aromatic N) is 1. The van der Waals surface area contributed by atoms with Gasteiger partial charge in [-0.25, -0.2) is 0 Å². The third-order valence-electron chi connectivity index (χ3n) is 3.32. The maximum absolute atomic E-state index is 11.9. The minimum Gasteiger partial charge on any atom is -0.872 e. The molecule has 0 unspecified atom stereocenters. The van der Waals surface area contributed by atoms with Crippen molar-refractivity contribution in [2.75, 3.05) is 12.5 Å². The van der Waals surface area contributed by atoms with Gasteiger partial charge in [0.05, 0.1) is 5.69 Å². The average Bonchev–Trinajstić information content (AvgIpc) is 2.62. The molecule has 6 heteroatoms. The zero-order valence-electron chi connectivity index (χ0n) is 14.9. The van der Waals surface area contributed by atoms with Crippen LogP contribution in [0.2, 0.25) is 0 Å². The van der Waals surface area contributed by atoms with E-state index in [0.717, 1.165) is 11.1 Å². The number of para-hydroxylation sites is 2. The summed E-state index contributed by atoms with van der Waals surface area (Å²) in [5.41, 5.74) is 2.76. The Hall–Kier alpha value is -2.23. The standard InChI is InChI=1S/C19H15NO2.C2H6OS.Pt/c21-18-11-10-15(14-6-2-1-3-7-14)12-16(18)13-20-17-8-4-5-9-19(17)22;1-4(2)3;/h1-13,21-22H;1-2H3;/q;;+2/p-2. The van der Waals surface area contributed by atoms with Gasteiger partial charge in [0.15, 0.2) is 0 Å². The smallest absolute Gasteiger partial charge is 0.872 e. The third kappa shape index (κ3) is 7.49. The number of hydrogen-bond donors (Lipinski definition) is 0. The van der Waals surface area contributed by atoms with Gasteiger partial charge in [-0.1, -0.05) is 66.4 Å². The zero-order valence-corrected chi connectivity index (χ0v) is 18.0. The van der Waals surface area contributed by atoms with E-state index in [4.69, 9.17) is 0 Å². The second-order valence-corrected chi connectivity index (χ2v) is 7.07. The molecule has 0 bridgehead atoms. The molecule has 0 atom stereocenters. The molecule has 0 aliphatic heterocycles. The van der Waals surface area contributed by atoms with E-state index in [0.29, 0.717) is 11.3 Å². The molecule has 142 valence electrons. The SMILES string of the molecule is CS(C)=O.[O-]c1ccc(-c2ccccc2)cc1C=Nc1ccccc1[O-].[Pt+2]. The van der Waals surface area contributed by atoms with Crippen molar-refractivity contribution in [3.8, 4) is 22.6 Å². The number of aliphatic imine (C=N–C) groups is 1. The molecule has 0 aromatic heterocycles. The van der Waals surface area contributed by atoms with Gasteiger partial charge in [-0.2, -0.15) is 0 Å². The Kier molecular flexibility index (Phi) is 9.69. The van der Waals surface area contributed by atoms with Crippen LogP contribution >= 0.6 is 0 Å². The molecule has 0 aliphatic rings. The monoisotopic (exact) mass is 560 g/mol. The van der Waals surface area contributed by atoms with Crippen LogP contribution in [0.3, 0.4) is 0 Å². The quantitative estimate of drug-likeness (QED) is 0.462. The normalized spacial score (nSPS) is 10.2. The van der Waals surface area contributed by atoms with Crippen LogP contribution in [0.5, 0.6) is 11.5 Å². The second-order valence-electron chi connectivity index (χ2n) is 5.59. The Morgan fingerprint density at radius 3 is 2.04 bits per heavy atom. The van der Waals surface area contributed by atoms with Crippen molar-refractivity contribution in [1.29, 1.82) is 0 Å². The molecule has 0 saturated carbocycles. The Bertz CT molecular complexity index is 910. The number of benzene rings is 3. The van der Waals surface area contributed by atoms with Crippen molar-refractivity contribution in [2.45, 2.75) is 0 Å². The Morgan fingerprint density at radius 1 is 0.815 bits per heavy atom. The van der Waals surface area contributed by atoms with E-state index in [1.807, 2.05) is 30.3 Å². The van der Waals surface area contributed by atoms with Crippen molar-refractivity contribution in [1.82, 2.24) is 0 Å². The van der Waals surface area contributed by atoms with E-state index in [-0.39, 0.29) is 32.6 Å². The van der Waals surface area contributed by atoms with Crippen LogP contribution < -0.4 is 10.2 Å². The molecule has 0 spiro atoms. The van der Waals surface area contributed by atoms with Crippen molar-refractivity contribution < 1.29 is 35.5 Å². The molecule has 0 saturated heterocycles. The Morgan fingerprint density at radius 2 is 1.41 bits per heavy atom.